The molecule has 1 aliphatic heterocycles. The zero-order chi connectivity index (χ0) is 25.3. The van der Waals surface area contributed by atoms with Gasteiger partial charge in [0, 0.05) is 45.0 Å². The largest absolute Gasteiger partial charge is 0.473 e. The Balaban J connectivity index is 0.000000509. The van der Waals surface area contributed by atoms with Gasteiger partial charge in [0.25, 0.3) is 0 Å². The average molecular weight is 483 g/mol. The lowest BCUT2D eigenvalue weighted by atomic mass is 9.53. The molecule has 1 aliphatic carbocycles. The minimum Gasteiger partial charge on any atom is -0.473 e. The summed E-state index contributed by atoms with van der Waals surface area (Å²) < 4.78 is 5.94. The molecule has 1 heterocycles. The van der Waals surface area contributed by atoms with E-state index in [1.165, 1.54) is 43.7 Å². The summed E-state index contributed by atoms with van der Waals surface area (Å²) in [4.78, 5) is 23.4. The quantitative estimate of drug-likeness (QED) is 0.430. The Bertz CT molecular complexity index is 915. The van der Waals surface area contributed by atoms with Gasteiger partial charge in [-0.2, -0.15) is 0 Å². The molecule has 0 spiro atoms. The molecule has 2 aliphatic rings. The molecule has 1 saturated carbocycles. The highest BCUT2D eigenvalue weighted by atomic mass is 16.5. The van der Waals surface area contributed by atoms with E-state index in [0.717, 1.165) is 38.1 Å². The van der Waals surface area contributed by atoms with Crippen molar-refractivity contribution in [2.45, 2.75) is 33.3 Å². The van der Waals surface area contributed by atoms with Crippen LogP contribution in [0.1, 0.15) is 32.3 Å². The van der Waals surface area contributed by atoms with Gasteiger partial charge < -0.3 is 19.8 Å². The summed E-state index contributed by atoms with van der Waals surface area (Å²) in [7, 11) is 0. The van der Waals surface area contributed by atoms with E-state index in [1.54, 1.807) is 0 Å². The molecule has 0 radical (unpaired) electrons. The molecule has 0 amide bonds. The summed E-state index contributed by atoms with van der Waals surface area (Å²) in [5.41, 5.74) is 3.08. The standard InChI is InChI=1S/C26H36N2O.C2H2O4/c1-26(2)23(13-18-29-21-22-9-5-3-6-10-22)19-24(26)20-27-14-16-28(17-15-27)25-11-7-4-8-12-25;3-1(4)2(5)6/h3-12,23-24H,13-21H2,1-2H3;(H,3,4)(H,5,6)/t23-,24-;/m0./s1. The Morgan fingerprint density at radius 1 is 0.886 bits per heavy atom. The summed E-state index contributed by atoms with van der Waals surface area (Å²) in [6.45, 7) is 12.5. The molecule has 7 heteroatoms. The van der Waals surface area contributed by atoms with Gasteiger partial charge in [-0.25, -0.2) is 9.59 Å². The maximum atomic E-state index is 9.10. The molecule has 2 aromatic carbocycles. The minimum absolute atomic E-state index is 0.437. The van der Waals surface area contributed by atoms with Gasteiger partial charge in [0.1, 0.15) is 0 Å². The number of carboxylic acids is 2. The molecular formula is C28H38N2O5. The molecule has 7 nitrogen and oxygen atoms in total. The van der Waals surface area contributed by atoms with Gasteiger partial charge >= 0.3 is 11.9 Å². The predicted octanol–water partition coefficient (Wildman–Crippen LogP) is 4.23. The monoisotopic (exact) mass is 482 g/mol. The second-order valence-electron chi connectivity index (χ2n) is 10.0. The van der Waals surface area contributed by atoms with Crippen molar-refractivity contribution in [3.63, 3.8) is 0 Å². The fraction of sp³-hybridized carbons (Fsp3) is 0.500. The third kappa shape index (κ3) is 7.80. The Hall–Kier alpha value is -2.90. The second kappa shape index (κ2) is 12.7. The molecule has 2 aromatic rings. The number of aliphatic carboxylic acids is 2. The Kier molecular flexibility index (Phi) is 9.69. The lowest BCUT2D eigenvalue weighted by molar-refractivity contribution is -0.159. The van der Waals surface area contributed by atoms with Crippen LogP contribution < -0.4 is 4.90 Å². The second-order valence-corrected chi connectivity index (χ2v) is 10.0. The number of para-hydroxylation sites is 1. The maximum absolute atomic E-state index is 9.10. The van der Waals surface area contributed by atoms with E-state index in [-0.39, 0.29) is 0 Å². The molecule has 190 valence electrons. The van der Waals surface area contributed by atoms with Gasteiger partial charge in [-0.05, 0) is 47.8 Å². The lowest BCUT2D eigenvalue weighted by Gasteiger charge is -2.54. The molecule has 0 aromatic heterocycles. The molecule has 0 bridgehead atoms. The fourth-order valence-corrected chi connectivity index (χ4v) is 5.05. The first-order chi connectivity index (χ1) is 16.8. The zero-order valence-corrected chi connectivity index (χ0v) is 20.8. The lowest BCUT2D eigenvalue weighted by Crippen LogP contribution is -2.54. The third-order valence-corrected chi connectivity index (χ3v) is 7.55. The summed E-state index contributed by atoms with van der Waals surface area (Å²) in [5, 5.41) is 14.8. The van der Waals surface area contributed by atoms with E-state index in [4.69, 9.17) is 24.5 Å². The van der Waals surface area contributed by atoms with Gasteiger partial charge in [-0.3, -0.25) is 4.90 Å². The van der Waals surface area contributed by atoms with Crippen molar-refractivity contribution in [2.24, 2.45) is 17.3 Å². The maximum Gasteiger partial charge on any atom is 0.414 e. The van der Waals surface area contributed by atoms with E-state index in [0.29, 0.717) is 5.41 Å². The highest BCUT2D eigenvalue weighted by molar-refractivity contribution is 6.27. The van der Waals surface area contributed by atoms with Crippen molar-refractivity contribution < 1.29 is 24.5 Å². The number of rotatable bonds is 8. The Morgan fingerprint density at radius 3 is 2.00 bits per heavy atom. The Morgan fingerprint density at radius 2 is 1.46 bits per heavy atom. The van der Waals surface area contributed by atoms with Crippen LogP contribution in [0.15, 0.2) is 60.7 Å². The van der Waals surface area contributed by atoms with Crippen LogP contribution in [-0.4, -0.2) is 66.4 Å². The van der Waals surface area contributed by atoms with Crippen molar-refractivity contribution in [2.75, 3.05) is 44.2 Å². The molecule has 0 unspecified atom stereocenters. The van der Waals surface area contributed by atoms with E-state index >= 15 is 0 Å². The minimum atomic E-state index is -1.82. The number of piperazine rings is 1. The number of nitrogens with zero attached hydrogens (tertiary/aromatic N) is 2. The van der Waals surface area contributed by atoms with Crippen molar-refractivity contribution in [1.29, 1.82) is 0 Å². The molecule has 35 heavy (non-hydrogen) atoms. The van der Waals surface area contributed by atoms with Crippen LogP contribution in [-0.2, 0) is 20.9 Å². The molecule has 1 saturated heterocycles. The SMILES string of the molecule is CC1(C)[C@@H](CCOCc2ccccc2)C[C@H]1CN1CCN(c2ccccc2)CC1.O=C(O)C(=O)O. The fourth-order valence-electron chi connectivity index (χ4n) is 5.05. The summed E-state index contributed by atoms with van der Waals surface area (Å²) in [6, 6.07) is 21.3. The van der Waals surface area contributed by atoms with E-state index in [2.05, 4.69) is 84.3 Å². The van der Waals surface area contributed by atoms with Crippen molar-refractivity contribution in [1.82, 2.24) is 4.90 Å². The summed E-state index contributed by atoms with van der Waals surface area (Å²) in [5.74, 6) is -2.02. The average Bonchev–Trinajstić information content (AvgIpc) is 2.87. The molecule has 2 atom stereocenters. The smallest absolute Gasteiger partial charge is 0.414 e. The van der Waals surface area contributed by atoms with Crippen LogP contribution in [0.5, 0.6) is 0 Å². The molecule has 2 N–H and O–H groups in total. The number of ether oxygens (including phenoxy) is 1. The first-order valence-corrected chi connectivity index (χ1v) is 12.4. The molecule has 2 fully saturated rings. The molecule has 4 rings (SSSR count). The van der Waals surface area contributed by atoms with Crippen LogP contribution in [0.2, 0.25) is 0 Å². The van der Waals surface area contributed by atoms with Gasteiger partial charge in [-0.1, -0.05) is 62.4 Å². The first kappa shape index (κ1) is 26.7. The van der Waals surface area contributed by atoms with Crippen LogP contribution in [0, 0.1) is 17.3 Å². The highest BCUT2D eigenvalue weighted by Crippen LogP contribution is 2.53. The molecular weight excluding hydrogens is 444 g/mol. The van der Waals surface area contributed by atoms with Gasteiger partial charge in [0.15, 0.2) is 0 Å². The van der Waals surface area contributed by atoms with Crippen LogP contribution in [0.25, 0.3) is 0 Å². The highest BCUT2D eigenvalue weighted by Gasteiger charge is 2.47. The van der Waals surface area contributed by atoms with Crippen molar-refractivity contribution in [3.05, 3.63) is 66.2 Å². The zero-order valence-electron chi connectivity index (χ0n) is 20.8. The van der Waals surface area contributed by atoms with E-state index in [9.17, 15) is 0 Å². The van der Waals surface area contributed by atoms with E-state index < -0.39 is 11.9 Å². The normalized spacial score (nSPS) is 21.4. The number of carboxylic acid groups (broad SMARTS) is 2. The number of hydrogen-bond donors (Lipinski definition) is 2. The van der Waals surface area contributed by atoms with Gasteiger partial charge in [-0.15, -0.1) is 0 Å². The predicted molar refractivity (Wildman–Crippen MR) is 136 cm³/mol. The van der Waals surface area contributed by atoms with Gasteiger partial charge in [0.05, 0.1) is 6.61 Å². The number of anilines is 1. The van der Waals surface area contributed by atoms with E-state index in [1.807, 2.05) is 0 Å². The number of benzene rings is 2. The summed E-state index contributed by atoms with van der Waals surface area (Å²) >= 11 is 0. The number of carbonyl (C=O) groups is 2. The van der Waals surface area contributed by atoms with Crippen LogP contribution in [0.3, 0.4) is 0 Å². The van der Waals surface area contributed by atoms with Gasteiger partial charge in [0.2, 0.25) is 0 Å². The topological polar surface area (TPSA) is 90.3 Å². The van der Waals surface area contributed by atoms with Crippen LogP contribution >= 0.6 is 0 Å². The van der Waals surface area contributed by atoms with Crippen molar-refractivity contribution >= 4 is 17.6 Å². The van der Waals surface area contributed by atoms with Crippen molar-refractivity contribution in [3.8, 4) is 0 Å². The summed E-state index contributed by atoms with van der Waals surface area (Å²) in [6.07, 6.45) is 2.55. The van der Waals surface area contributed by atoms with Crippen LogP contribution in [0.4, 0.5) is 5.69 Å². The Labute approximate surface area is 208 Å². The number of hydrogen-bond acceptors (Lipinski definition) is 5. The first-order valence-electron chi connectivity index (χ1n) is 12.4. The third-order valence-electron chi connectivity index (χ3n) is 7.55.